The molecular formula is C24H24Cl2N2O4S. The van der Waals surface area contributed by atoms with Crippen molar-refractivity contribution in [3.63, 3.8) is 0 Å². The Kier molecular flexibility index (Phi) is 7.39. The number of amides is 1. The summed E-state index contributed by atoms with van der Waals surface area (Å²) in [6.07, 6.45) is -1.31. The number of halogens is 2. The molecule has 3 rings (SSSR count). The van der Waals surface area contributed by atoms with Crippen molar-refractivity contribution >= 4 is 44.8 Å². The van der Waals surface area contributed by atoms with E-state index in [2.05, 4.69) is 0 Å². The van der Waals surface area contributed by atoms with Gasteiger partial charge in [-0.3, -0.25) is 9.10 Å². The molecule has 0 aliphatic rings. The summed E-state index contributed by atoms with van der Waals surface area (Å²) in [5.74, 6) is -0.854. The van der Waals surface area contributed by atoms with Crippen LogP contribution in [-0.2, 0) is 14.8 Å². The highest BCUT2D eigenvalue weighted by Gasteiger charge is 2.32. The van der Waals surface area contributed by atoms with E-state index in [4.69, 9.17) is 28.9 Å². The number of carbonyl (C=O) groups excluding carboxylic acids is 1. The molecule has 1 atom stereocenters. The van der Waals surface area contributed by atoms with Gasteiger partial charge in [0, 0.05) is 21.2 Å². The SMILES string of the molecule is Cc1cc(C)c(S(=O)(=O)N(CC(N)=O)c2ccc(Cl)cc2C(O)c2ccccc2Cl)cc1C. The summed E-state index contributed by atoms with van der Waals surface area (Å²) >= 11 is 12.5. The van der Waals surface area contributed by atoms with E-state index >= 15 is 0 Å². The minimum Gasteiger partial charge on any atom is -0.384 e. The molecule has 3 N–H and O–H groups in total. The Morgan fingerprint density at radius 1 is 0.970 bits per heavy atom. The molecule has 3 aromatic carbocycles. The van der Waals surface area contributed by atoms with Crippen LogP contribution in [0.1, 0.15) is 33.9 Å². The quantitative estimate of drug-likeness (QED) is 0.485. The number of aliphatic hydroxyl groups excluding tert-OH is 1. The third kappa shape index (κ3) is 5.17. The van der Waals surface area contributed by atoms with E-state index in [1.54, 1.807) is 50.2 Å². The molecule has 0 heterocycles. The van der Waals surface area contributed by atoms with Crippen molar-refractivity contribution in [2.75, 3.05) is 10.8 Å². The molecule has 0 aliphatic heterocycles. The maximum absolute atomic E-state index is 13.8. The fourth-order valence-electron chi connectivity index (χ4n) is 3.61. The molecule has 33 heavy (non-hydrogen) atoms. The van der Waals surface area contributed by atoms with Gasteiger partial charge in [0.05, 0.1) is 10.6 Å². The van der Waals surface area contributed by atoms with Crippen LogP contribution in [0.15, 0.2) is 59.5 Å². The number of carbonyl (C=O) groups is 1. The van der Waals surface area contributed by atoms with Gasteiger partial charge in [-0.1, -0.05) is 47.5 Å². The van der Waals surface area contributed by atoms with E-state index in [-0.39, 0.29) is 21.2 Å². The predicted molar refractivity (Wildman–Crippen MR) is 131 cm³/mol. The molecule has 0 saturated carbocycles. The van der Waals surface area contributed by atoms with Crippen LogP contribution in [0.3, 0.4) is 0 Å². The zero-order chi connectivity index (χ0) is 24.5. The fraction of sp³-hybridized carbons (Fsp3) is 0.208. The number of sulfonamides is 1. The molecule has 0 spiro atoms. The number of anilines is 1. The largest absolute Gasteiger partial charge is 0.384 e. The average molecular weight is 507 g/mol. The second-order valence-corrected chi connectivity index (χ2v) is 10.5. The van der Waals surface area contributed by atoms with Crippen molar-refractivity contribution in [2.24, 2.45) is 5.73 Å². The number of hydrogen-bond donors (Lipinski definition) is 2. The molecule has 6 nitrogen and oxygen atoms in total. The Morgan fingerprint density at radius 2 is 1.61 bits per heavy atom. The standard InChI is InChI=1S/C24H24Cl2N2O4S/c1-14-10-16(3)22(11-15(14)2)33(31,32)28(13-23(27)29)21-9-8-17(25)12-19(21)24(30)18-6-4-5-7-20(18)26/h4-12,24,30H,13H2,1-3H3,(H2,27,29). The van der Waals surface area contributed by atoms with Crippen molar-refractivity contribution < 1.29 is 18.3 Å². The maximum Gasteiger partial charge on any atom is 0.265 e. The van der Waals surface area contributed by atoms with Crippen molar-refractivity contribution in [3.8, 4) is 0 Å². The first-order valence-electron chi connectivity index (χ1n) is 10.0. The number of benzene rings is 3. The van der Waals surface area contributed by atoms with Crippen LogP contribution in [0.5, 0.6) is 0 Å². The van der Waals surface area contributed by atoms with E-state index < -0.39 is 28.6 Å². The molecule has 0 aliphatic carbocycles. The van der Waals surface area contributed by atoms with Crippen LogP contribution >= 0.6 is 23.2 Å². The smallest absolute Gasteiger partial charge is 0.265 e. The molecule has 0 saturated heterocycles. The lowest BCUT2D eigenvalue weighted by Gasteiger charge is -2.28. The van der Waals surface area contributed by atoms with E-state index in [0.29, 0.717) is 16.1 Å². The first kappa shape index (κ1) is 25.1. The van der Waals surface area contributed by atoms with Crippen LogP contribution in [0, 0.1) is 20.8 Å². The van der Waals surface area contributed by atoms with Gasteiger partial charge in [0.25, 0.3) is 10.0 Å². The number of nitrogens with two attached hydrogens (primary N) is 1. The van der Waals surface area contributed by atoms with Gasteiger partial charge in [0.2, 0.25) is 5.91 Å². The Labute approximate surface area is 203 Å². The van der Waals surface area contributed by atoms with Gasteiger partial charge in [0.1, 0.15) is 12.6 Å². The van der Waals surface area contributed by atoms with Gasteiger partial charge < -0.3 is 10.8 Å². The molecule has 1 amide bonds. The Morgan fingerprint density at radius 3 is 2.24 bits per heavy atom. The van der Waals surface area contributed by atoms with Crippen molar-refractivity contribution in [3.05, 3.63) is 92.5 Å². The van der Waals surface area contributed by atoms with Gasteiger partial charge in [-0.05, 0) is 67.8 Å². The minimum absolute atomic E-state index is 0.0417. The van der Waals surface area contributed by atoms with E-state index in [1.165, 1.54) is 18.2 Å². The second kappa shape index (κ2) is 9.73. The maximum atomic E-state index is 13.8. The molecule has 9 heteroatoms. The molecule has 0 bridgehead atoms. The van der Waals surface area contributed by atoms with Gasteiger partial charge in [-0.15, -0.1) is 0 Å². The van der Waals surface area contributed by atoms with Crippen LogP contribution in [0.2, 0.25) is 10.0 Å². The highest BCUT2D eigenvalue weighted by molar-refractivity contribution is 7.93. The van der Waals surface area contributed by atoms with Crippen LogP contribution in [0.25, 0.3) is 0 Å². The summed E-state index contributed by atoms with van der Waals surface area (Å²) in [7, 11) is -4.23. The first-order valence-corrected chi connectivity index (χ1v) is 12.2. The Bertz CT molecular complexity index is 1330. The summed E-state index contributed by atoms with van der Waals surface area (Å²) in [5.41, 5.74) is 8.28. The van der Waals surface area contributed by atoms with Gasteiger partial charge in [-0.25, -0.2) is 8.42 Å². The number of aryl methyl sites for hydroxylation is 3. The van der Waals surface area contributed by atoms with Gasteiger partial charge in [-0.2, -0.15) is 0 Å². The summed E-state index contributed by atoms with van der Waals surface area (Å²) in [6.45, 7) is 4.75. The molecule has 0 aromatic heterocycles. The third-order valence-corrected chi connectivity index (χ3v) is 7.89. The Hall–Kier alpha value is -2.58. The zero-order valence-electron chi connectivity index (χ0n) is 18.3. The lowest BCUT2D eigenvalue weighted by atomic mass is 9.99. The predicted octanol–water partition coefficient (Wildman–Crippen LogP) is 4.68. The highest BCUT2D eigenvalue weighted by atomic mass is 35.5. The molecule has 0 radical (unpaired) electrons. The van der Waals surface area contributed by atoms with E-state index in [9.17, 15) is 18.3 Å². The number of primary amides is 1. The van der Waals surface area contributed by atoms with Crippen molar-refractivity contribution in [1.29, 1.82) is 0 Å². The molecular weight excluding hydrogens is 483 g/mol. The van der Waals surface area contributed by atoms with Gasteiger partial charge >= 0.3 is 0 Å². The van der Waals surface area contributed by atoms with Crippen molar-refractivity contribution in [2.45, 2.75) is 31.8 Å². The fourth-order valence-corrected chi connectivity index (χ4v) is 5.78. The molecule has 3 aromatic rings. The van der Waals surface area contributed by atoms with Crippen LogP contribution < -0.4 is 10.0 Å². The summed E-state index contributed by atoms with van der Waals surface area (Å²) < 4.78 is 28.5. The molecule has 174 valence electrons. The number of hydrogen-bond acceptors (Lipinski definition) is 4. The lowest BCUT2D eigenvalue weighted by Crippen LogP contribution is -2.39. The Balaban J connectivity index is 2.26. The normalized spacial score (nSPS) is 12.4. The molecule has 1 unspecified atom stereocenters. The topological polar surface area (TPSA) is 101 Å². The number of nitrogens with zero attached hydrogens (tertiary/aromatic N) is 1. The van der Waals surface area contributed by atoms with Crippen molar-refractivity contribution in [1.82, 2.24) is 0 Å². The third-order valence-electron chi connectivity index (χ3n) is 5.41. The number of rotatable bonds is 7. The van der Waals surface area contributed by atoms with Crippen LogP contribution in [-0.4, -0.2) is 26.0 Å². The monoisotopic (exact) mass is 506 g/mol. The highest BCUT2D eigenvalue weighted by Crippen LogP contribution is 2.38. The minimum atomic E-state index is -4.23. The van der Waals surface area contributed by atoms with Crippen LogP contribution in [0.4, 0.5) is 5.69 Å². The second-order valence-electron chi connectivity index (χ2n) is 7.81. The van der Waals surface area contributed by atoms with Gasteiger partial charge in [0.15, 0.2) is 0 Å². The molecule has 0 fully saturated rings. The van der Waals surface area contributed by atoms with E-state index in [1.807, 2.05) is 6.92 Å². The lowest BCUT2D eigenvalue weighted by molar-refractivity contribution is -0.116. The summed E-state index contributed by atoms with van der Waals surface area (Å²) in [6, 6.07) is 14.3. The summed E-state index contributed by atoms with van der Waals surface area (Å²) in [4.78, 5) is 12.0. The number of aliphatic hydroxyl groups is 1. The van der Waals surface area contributed by atoms with E-state index in [0.717, 1.165) is 15.4 Å². The summed E-state index contributed by atoms with van der Waals surface area (Å²) in [5, 5.41) is 11.7. The first-order chi connectivity index (χ1) is 15.4. The average Bonchev–Trinajstić information content (AvgIpc) is 2.74. The zero-order valence-corrected chi connectivity index (χ0v) is 20.7.